The minimum absolute atomic E-state index is 0.00296. The molecule has 1 saturated carbocycles. The molecule has 13 heavy (non-hydrogen) atoms. The van der Waals surface area contributed by atoms with Crippen LogP contribution in [0.3, 0.4) is 0 Å². The molecule has 2 atom stereocenters. The van der Waals surface area contributed by atoms with Crippen LogP contribution in [-0.2, 0) is 14.3 Å². The zero-order chi connectivity index (χ0) is 10.0. The van der Waals surface area contributed by atoms with Crippen molar-refractivity contribution in [2.45, 2.75) is 26.3 Å². The molecule has 1 rings (SSSR count). The highest BCUT2D eigenvalue weighted by molar-refractivity contribution is 5.80. The van der Waals surface area contributed by atoms with Gasteiger partial charge in [0.2, 0.25) is 5.91 Å². The van der Waals surface area contributed by atoms with Crippen LogP contribution in [0, 0.1) is 5.92 Å². The number of carbonyl (C=O) groups is 2. The topological polar surface area (TPSA) is 46.6 Å². The van der Waals surface area contributed by atoms with Crippen LogP contribution in [0.2, 0.25) is 0 Å². The summed E-state index contributed by atoms with van der Waals surface area (Å²) in [7, 11) is 1.71. The largest absolute Gasteiger partial charge is 0.466 e. The van der Waals surface area contributed by atoms with E-state index in [1.807, 2.05) is 0 Å². The van der Waals surface area contributed by atoms with Gasteiger partial charge in [-0.15, -0.1) is 0 Å². The quantitative estimate of drug-likeness (QED) is 0.598. The van der Waals surface area contributed by atoms with E-state index < -0.39 is 0 Å². The standard InChI is InChI=1S/C9H15NO3/c1-4-13-9(12)7-5-8(7)10(3)6(2)11/h7-8H,4-5H2,1-3H3/t7-,8+/m0/s1. The molecule has 74 valence electrons. The van der Waals surface area contributed by atoms with Gasteiger partial charge in [-0.1, -0.05) is 0 Å². The van der Waals surface area contributed by atoms with Crippen molar-refractivity contribution in [2.24, 2.45) is 5.92 Å². The van der Waals surface area contributed by atoms with Crippen molar-refractivity contribution in [3.05, 3.63) is 0 Å². The monoisotopic (exact) mass is 185 g/mol. The van der Waals surface area contributed by atoms with Crippen LogP contribution in [0.15, 0.2) is 0 Å². The maximum Gasteiger partial charge on any atom is 0.311 e. The molecule has 1 aliphatic carbocycles. The molecule has 0 unspecified atom stereocenters. The SMILES string of the molecule is CCOC(=O)[C@H]1C[C@H]1N(C)C(C)=O. The summed E-state index contributed by atoms with van der Waals surface area (Å²) in [6.45, 7) is 3.69. The lowest BCUT2D eigenvalue weighted by Crippen LogP contribution is -2.29. The Kier molecular flexibility index (Phi) is 2.90. The third kappa shape index (κ3) is 2.20. The number of carbonyl (C=O) groups excluding carboxylic acids is 2. The molecule has 4 nitrogen and oxygen atoms in total. The molecule has 0 aromatic heterocycles. The van der Waals surface area contributed by atoms with E-state index in [2.05, 4.69) is 0 Å². The van der Waals surface area contributed by atoms with Crippen molar-refractivity contribution in [1.29, 1.82) is 0 Å². The number of amides is 1. The molecule has 0 aromatic carbocycles. The van der Waals surface area contributed by atoms with Gasteiger partial charge in [0, 0.05) is 20.0 Å². The van der Waals surface area contributed by atoms with E-state index in [0.29, 0.717) is 6.61 Å². The van der Waals surface area contributed by atoms with Crippen LogP contribution in [0.1, 0.15) is 20.3 Å². The fraction of sp³-hybridized carbons (Fsp3) is 0.778. The van der Waals surface area contributed by atoms with Gasteiger partial charge >= 0.3 is 5.97 Å². The van der Waals surface area contributed by atoms with Gasteiger partial charge in [-0.2, -0.15) is 0 Å². The number of esters is 1. The van der Waals surface area contributed by atoms with Gasteiger partial charge in [0.15, 0.2) is 0 Å². The number of ether oxygens (including phenoxy) is 1. The van der Waals surface area contributed by atoms with Crippen molar-refractivity contribution in [2.75, 3.05) is 13.7 Å². The molecule has 0 saturated heterocycles. The summed E-state index contributed by atoms with van der Waals surface area (Å²) < 4.78 is 4.85. The predicted octanol–water partition coefficient (Wildman–Crippen LogP) is 0.416. The van der Waals surface area contributed by atoms with Crippen LogP contribution < -0.4 is 0 Å². The van der Waals surface area contributed by atoms with Crippen molar-refractivity contribution < 1.29 is 14.3 Å². The number of nitrogens with zero attached hydrogens (tertiary/aromatic N) is 1. The van der Waals surface area contributed by atoms with Crippen LogP contribution in [0.25, 0.3) is 0 Å². The molecule has 1 amide bonds. The molecule has 1 aliphatic rings. The molecule has 0 radical (unpaired) electrons. The van der Waals surface area contributed by atoms with Crippen molar-refractivity contribution in [1.82, 2.24) is 4.90 Å². The molecular weight excluding hydrogens is 170 g/mol. The van der Waals surface area contributed by atoms with E-state index in [-0.39, 0.29) is 23.8 Å². The second kappa shape index (κ2) is 3.77. The lowest BCUT2D eigenvalue weighted by molar-refractivity contribution is -0.145. The summed E-state index contributed by atoms with van der Waals surface area (Å²) in [6.07, 6.45) is 0.745. The normalized spacial score (nSPS) is 25.2. The summed E-state index contributed by atoms with van der Waals surface area (Å²) >= 11 is 0. The van der Waals surface area contributed by atoms with Gasteiger partial charge in [0.05, 0.1) is 12.5 Å². The molecule has 0 aliphatic heterocycles. The Bertz CT molecular complexity index is 227. The maximum absolute atomic E-state index is 11.2. The van der Waals surface area contributed by atoms with E-state index in [0.717, 1.165) is 6.42 Å². The Hall–Kier alpha value is -1.06. The first kappa shape index (κ1) is 10.0. The fourth-order valence-corrected chi connectivity index (χ4v) is 1.35. The highest BCUT2D eigenvalue weighted by atomic mass is 16.5. The fourth-order valence-electron chi connectivity index (χ4n) is 1.35. The van der Waals surface area contributed by atoms with Crippen LogP contribution in [0.4, 0.5) is 0 Å². The summed E-state index contributed by atoms with van der Waals surface area (Å²) in [5, 5.41) is 0. The lowest BCUT2D eigenvalue weighted by atomic mass is 10.4. The van der Waals surface area contributed by atoms with Crippen LogP contribution in [-0.4, -0.2) is 36.5 Å². The summed E-state index contributed by atoms with van der Waals surface area (Å²) in [5.41, 5.74) is 0. The third-order valence-corrected chi connectivity index (χ3v) is 2.34. The van der Waals surface area contributed by atoms with E-state index in [1.54, 1.807) is 18.9 Å². The number of hydrogen-bond acceptors (Lipinski definition) is 3. The minimum atomic E-state index is -0.180. The zero-order valence-corrected chi connectivity index (χ0v) is 8.24. The smallest absolute Gasteiger partial charge is 0.311 e. The number of hydrogen-bond donors (Lipinski definition) is 0. The second-order valence-electron chi connectivity index (χ2n) is 3.29. The van der Waals surface area contributed by atoms with Crippen molar-refractivity contribution >= 4 is 11.9 Å². The van der Waals surface area contributed by atoms with E-state index >= 15 is 0 Å². The molecule has 0 heterocycles. The van der Waals surface area contributed by atoms with Gasteiger partial charge in [-0.05, 0) is 13.3 Å². The average Bonchev–Trinajstić information content (AvgIpc) is 2.82. The highest BCUT2D eigenvalue weighted by Gasteiger charge is 2.47. The maximum atomic E-state index is 11.2. The Morgan fingerprint density at radius 1 is 1.54 bits per heavy atom. The lowest BCUT2D eigenvalue weighted by Gasteiger charge is -2.13. The number of rotatable bonds is 3. The summed E-state index contributed by atoms with van der Waals surface area (Å²) in [5.74, 6) is -0.272. The van der Waals surface area contributed by atoms with E-state index in [9.17, 15) is 9.59 Å². The van der Waals surface area contributed by atoms with Crippen molar-refractivity contribution in [3.8, 4) is 0 Å². The summed E-state index contributed by atoms with van der Waals surface area (Å²) in [4.78, 5) is 23.7. The molecule has 0 spiro atoms. The first-order valence-corrected chi connectivity index (χ1v) is 4.48. The third-order valence-electron chi connectivity index (χ3n) is 2.34. The Morgan fingerprint density at radius 3 is 2.62 bits per heavy atom. The molecule has 1 fully saturated rings. The van der Waals surface area contributed by atoms with E-state index in [1.165, 1.54) is 6.92 Å². The first-order chi connectivity index (χ1) is 6.07. The minimum Gasteiger partial charge on any atom is -0.466 e. The molecular formula is C9H15NO3. The van der Waals surface area contributed by atoms with Crippen LogP contribution in [0.5, 0.6) is 0 Å². The Labute approximate surface area is 77.8 Å². The van der Waals surface area contributed by atoms with Gasteiger partial charge < -0.3 is 9.64 Å². The molecule has 0 aromatic rings. The Balaban J connectivity index is 2.37. The first-order valence-electron chi connectivity index (χ1n) is 4.48. The second-order valence-corrected chi connectivity index (χ2v) is 3.29. The van der Waals surface area contributed by atoms with Gasteiger partial charge in [0.25, 0.3) is 0 Å². The molecule has 4 heteroatoms. The van der Waals surface area contributed by atoms with Crippen molar-refractivity contribution in [3.63, 3.8) is 0 Å². The Morgan fingerprint density at radius 2 is 2.15 bits per heavy atom. The molecule has 0 N–H and O–H groups in total. The van der Waals surface area contributed by atoms with Crippen LogP contribution >= 0.6 is 0 Å². The van der Waals surface area contributed by atoms with Gasteiger partial charge in [0.1, 0.15) is 0 Å². The predicted molar refractivity (Wildman–Crippen MR) is 47.0 cm³/mol. The van der Waals surface area contributed by atoms with E-state index in [4.69, 9.17) is 4.74 Å². The highest BCUT2D eigenvalue weighted by Crippen LogP contribution is 2.35. The zero-order valence-electron chi connectivity index (χ0n) is 8.24. The molecule has 0 bridgehead atoms. The summed E-state index contributed by atoms with van der Waals surface area (Å²) in [6, 6.07) is 0.0662. The van der Waals surface area contributed by atoms with Gasteiger partial charge in [-0.25, -0.2) is 0 Å². The average molecular weight is 185 g/mol. The van der Waals surface area contributed by atoms with Gasteiger partial charge in [-0.3, -0.25) is 9.59 Å².